The molecule has 76 valence electrons. The quantitative estimate of drug-likeness (QED) is 0.727. The van der Waals surface area contributed by atoms with Crippen LogP contribution in [0.2, 0.25) is 0 Å². The number of hydrogen-bond donors (Lipinski definition) is 0. The van der Waals surface area contributed by atoms with Crippen molar-refractivity contribution in [2.45, 2.75) is 13.3 Å². The van der Waals surface area contributed by atoms with Crippen LogP contribution >= 0.6 is 0 Å². The summed E-state index contributed by atoms with van der Waals surface area (Å²) < 4.78 is 12.7. The van der Waals surface area contributed by atoms with Crippen molar-refractivity contribution in [2.24, 2.45) is 0 Å². The van der Waals surface area contributed by atoms with Gasteiger partial charge < -0.3 is 0 Å². The van der Waals surface area contributed by atoms with Gasteiger partial charge >= 0.3 is 0 Å². The van der Waals surface area contributed by atoms with Crippen LogP contribution in [-0.2, 0) is 6.42 Å². The number of pyridine rings is 1. The van der Waals surface area contributed by atoms with Gasteiger partial charge in [0.05, 0.1) is 0 Å². The van der Waals surface area contributed by atoms with Gasteiger partial charge in [0.25, 0.3) is 0 Å². The minimum absolute atomic E-state index is 0.193. The van der Waals surface area contributed by atoms with Crippen LogP contribution in [0, 0.1) is 12.7 Å². The Morgan fingerprint density at radius 3 is 2.53 bits per heavy atom. The number of aromatic nitrogens is 1. The number of halogens is 1. The van der Waals surface area contributed by atoms with Gasteiger partial charge in [-0.25, -0.2) is 4.39 Å². The fourth-order valence-electron chi connectivity index (χ4n) is 1.53. The summed E-state index contributed by atoms with van der Waals surface area (Å²) in [4.78, 5) is 4.22. The van der Waals surface area contributed by atoms with Gasteiger partial charge in [-0.2, -0.15) is 0 Å². The molecule has 0 spiro atoms. The van der Waals surface area contributed by atoms with Gasteiger partial charge in [-0.05, 0) is 42.7 Å². The molecule has 0 aliphatic heterocycles. The third-order valence-corrected chi connectivity index (χ3v) is 2.42. The number of aryl methyl sites for hydroxylation is 1. The van der Waals surface area contributed by atoms with Crippen molar-refractivity contribution in [3.8, 4) is 0 Å². The van der Waals surface area contributed by atoms with E-state index in [0.29, 0.717) is 0 Å². The molecule has 0 bridgehead atoms. The molecule has 0 N–H and O–H groups in total. The van der Waals surface area contributed by atoms with E-state index in [1.807, 2.05) is 31.2 Å². The van der Waals surface area contributed by atoms with E-state index in [4.69, 9.17) is 0 Å². The third kappa shape index (κ3) is 2.40. The summed E-state index contributed by atoms with van der Waals surface area (Å²) in [5, 5.41) is 0. The van der Waals surface area contributed by atoms with Crippen LogP contribution in [0.25, 0.3) is 0 Å². The maximum Gasteiger partial charge on any atom is 0.123 e. The second-order valence-corrected chi connectivity index (χ2v) is 3.55. The SMILES string of the molecule is Cc1ncccc1Cc1ccc(F)cc1. The van der Waals surface area contributed by atoms with Crippen molar-refractivity contribution < 1.29 is 4.39 Å². The number of benzene rings is 1. The fraction of sp³-hybridized carbons (Fsp3) is 0.154. The lowest BCUT2D eigenvalue weighted by molar-refractivity contribution is 0.627. The highest BCUT2D eigenvalue weighted by Crippen LogP contribution is 2.12. The van der Waals surface area contributed by atoms with Gasteiger partial charge in [0.1, 0.15) is 5.82 Å². The lowest BCUT2D eigenvalue weighted by atomic mass is 10.0. The zero-order valence-corrected chi connectivity index (χ0v) is 8.57. The van der Waals surface area contributed by atoms with Gasteiger partial charge in [-0.15, -0.1) is 0 Å². The van der Waals surface area contributed by atoms with E-state index in [-0.39, 0.29) is 5.82 Å². The van der Waals surface area contributed by atoms with Crippen molar-refractivity contribution in [1.29, 1.82) is 0 Å². The summed E-state index contributed by atoms with van der Waals surface area (Å²) in [6.45, 7) is 1.98. The van der Waals surface area contributed by atoms with Crippen molar-refractivity contribution >= 4 is 0 Å². The zero-order chi connectivity index (χ0) is 10.7. The van der Waals surface area contributed by atoms with Crippen molar-refractivity contribution in [2.75, 3.05) is 0 Å². The Balaban J connectivity index is 2.22. The molecule has 2 rings (SSSR count). The summed E-state index contributed by atoms with van der Waals surface area (Å²) in [5.74, 6) is -0.193. The lowest BCUT2D eigenvalue weighted by Gasteiger charge is -2.04. The molecule has 0 amide bonds. The molecular weight excluding hydrogens is 189 g/mol. The molecule has 1 heterocycles. The second kappa shape index (κ2) is 4.22. The molecular formula is C13H12FN. The monoisotopic (exact) mass is 201 g/mol. The highest BCUT2D eigenvalue weighted by Gasteiger charge is 2.00. The minimum Gasteiger partial charge on any atom is -0.261 e. The number of rotatable bonds is 2. The summed E-state index contributed by atoms with van der Waals surface area (Å²) in [6, 6.07) is 10.6. The van der Waals surface area contributed by atoms with Crippen LogP contribution in [0.15, 0.2) is 42.6 Å². The Hall–Kier alpha value is -1.70. The van der Waals surface area contributed by atoms with Crippen LogP contribution in [-0.4, -0.2) is 4.98 Å². The van der Waals surface area contributed by atoms with Crippen LogP contribution < -0.4 is 0 Å². The van der Waals surface area contributed by atoms with E-state index in [1.165, 1.54) is 17.7 Å². The van der Waals surface area contributed by atoms with E-state index >= 15 is 0 Å². The molecule has 1 aromatic carbocycles. The van der Waals surface area contributed by atoms with E-state index in [1.54, 1.807) is 6.20 Å². The Kier molecular flexibility index (Phi) is 2.77. The lowest BCUT2D eigenvalue weighted by Crippen LogP contribution is -1.93. The normalized spacial score (nSPS) is 10.3. The molecule has 0 unspecified atom stereocenters. The molecule has 0 saturated heterocycles. The predicted molar refractivity (Wildman–Crippen MR) is 58.2 cm³/mol. The van der Waals surface area contributed by atoms with E-state index in [2.05, 4.69) is 4.98 Å². The van der Waals surface area contributed by atoms with Gasteiger partial charge in [0.15, 0.2) is 0 Å². The average molecular weight is 201 g/mol. The van der Waals surface area contributed by atoms with Crippen LogP contribution in [0.4, 0.5) is 4.39 Å². The number of nitrogens with zero attached hydrogens (tertiary/aromatic N) is 1. The summed E-state index contributed by atoms with van der Waals surface area (Å²) >= 11 is 0. The smallest absolute Gasteiger partial charge is 0.123 e. The maximum absolute atomic E-state index is 12.7. The zero-order valence-electron chi connectivity index (χ0n) is 8.57. The molecule has 15 heavy (non-hydrogen) atoms. The number of hydrogen-bond acceptors (Lipinski definition) is 1. The molecule has 0 fully saturated rings. The Morgan fingerprint density at radius 1 is 1.13 bits per heavy atom. The van der Waals surface area contributed by atoms with Gasteiger partial charge in [0, 0.05) is 11.9 Å². The van der Waals surface area contributed by atoms with Crippen LogP contribution in [0.3, 0.4) is 0 Å². The largest absolute Gasteiger partial charge is 0.261 e. The third-order valence-electron chi connectivity index (χ3n) is 2.42. The highest BCUT2D eigenvalue weighted by molar-refractivity contribution is 5.28. The fourth-order valence-corrected chi connectivity index (χ4v) is 1.53. The van der Waals surface area contributed by atoms with Crippen molar-refractivity contribution in [3.05, 3.63) is 65.2 Å². The first kappa shape index (κ1) is 9.84. The predicted octanol–water partition coefficient (Wildman–Crippen LogP) is 3.12. The molecule has 0 aliphatic carbocycles. The Bertz CT molecular complexity index is 448. The Morgan fingerprint density at radius 2 is 1.87 bits per heavy atom. The van der Waals surface area contributed by atoms with Crippen LogP contribution in [0.5, 0.6) is 0 Å². The summed E-state index contributed by atoms with van der Waals surface area (Å²) in [5.41, 5.74) is 3.32. The Labute approximate surface area is 88.6 Å². The van der Waals surface area contributed by atoms with E-state index in [0.717, 1.165) is 17.7 Å². The molecule has 0 radical (unpaired) electrons. The van der Waals surface area contributed by atoms with E-state index < -0.39 is 0 Å². The molecule has 0 atom stereocenters. The van der Waals surface area contributed by atoms with Crippen molar-refractivity contribution in [3.63, 3.8) is 0 Å². The first-order chi connectivity index (χ1) is 7.25. The summed E-state index contributed by atoms with van der Waals surface area (Å²) in [7, 11) is 0. The average Bonchev–Trinajstić information content (AvgIpc) is 2.25. The molecule has 2 heteroatoms. The molecule has 1 aromatic heterocycles. The first-order valence-electron chi connectivity index (χ1n) is 4.90. The van der Waals surface area contributed by atoms with Gasteiger partial charge in [-0.1, -0.05) is 18.2 Å². The van der Waals surface area contributed by atoms with E-state index in [9.17, 15) is 4.39 Å². The highest BCUT2D eigenvalue weighted by atomic mass is 19.1. The van der Waals surface area contributed by atoms with Crippen LogP contribution in [0.1, 0.15) is 16.8 Å². The molecule has 0 saturated carbocycles. The minimum atomic E-state index is -0.193. The van der Waals surface area contributed by atoms with Crippen molar-refractivity contribution in [1.82, 2.24) is 4.98 Å². The van der Waals surface area contributed by atoms with Gasteiger partial charge in [0.2, 0.25) is 0 Å². The first-order valence-corrected chi connectivity index (χ1v) is 4.90. The summed E-state index contributed by atoms with van der Waals surface area (Å²) in [6.07, 6.45) is 2.59. The molecule has 0 aliphatic rings. The second-order valence-electron chi connectivity index (χ2n) is 3.55. The van der Waals surface area contributed by atoms with Gasteiger partial charge in [-0.3, -0.25) is 4.98 Å². The maximum atomic E-state index is 12.7. The molecule has 1 nitrogen and oxygen atoms in total. The topological polar surface area (TPSA) is 12.9 Å². The standard InChI is InChI=1S/C13H12FN/c1-10-12(3-2-8-15-10)9-11-4-6-13(14)7-5-11/h2-8H,9H2,1H3. The molecule has 2 aromatic rings.